The second kappa shape index (κ2) is 8.93. The number of hydrogen-bond donors (Lipinski definition) is 0. The van der Waals surface area contributed by atoms with Gasteiger partial charge in [0.15, 0.2) is 0 Å². The summed E-state index contributed by atoms with van der Waals surface area (Å²) in [6.07, 6.45) is 6.61. The average molecular weight is 427 g/mol. The number of benzene rings is 2. The van der Waals surface area contributed by atoms with E-state index in [9.17, 15) is 0 Å². The zero-order valence-corrected chi connectivity index (χ0v) is 18.0. The molecule has 5 rings (SSSR count). The summed E-state index contributed by atoms with van der Waals surface area (Å²) < 4.78 is 2.05. The van der Waals surface area contributed by atoms with Crippen molar-refractivity contribution in [2.45, 2.75) is 19.4 Å². The molecule has 0 aliphatic carbocycles. The Balaban J connectivity index is 1.28. The molecule has 0 saturated carbocycles. The Hall–Kier alpha value is -3.13. The molecular formula is C26H23ClN4. The highest BCUT2D eigenvalue weighted by molar-refractivity contribution is 6.30. The third kappa shape index (κ3) is 4.80. The van der Waals surface area contributed by atoms with E-state index in [2.05, 4.69) is 38.7 Å². The van der Waals surface area contributed by atoms with Gasteiger partial charge < -0.3 is 4.90 Å². The number of likely N-dealkylation sites (tertiary alicyclic amines) is 1. The van der Waals surface area contributed by atoms with Gasteiger partial charge in [-0.15, -0.1) is 0 Å². The van der Waals surface area contributed by atoms with Gasteiger partial charge in [0.05, 0.1) is 12.1 Å². The Morgan fingerprint density at radius 1 is 0.871 bits per heavy atom. The van der Waals surface area contributed by atoms with Crippen LogP contribution in [0.15, 0.2) is 67.0 Å². The molecule has 2 aromatic heterocycles. The first-order valence-electron chi connectivity index (χ1n) is 10.7. The second-order valence-electron chi connectivity index (χ2n) is 7.90. The number of hydrogen-bond acceptors (Lipinski definition) is 3. The molecule has 0 unspecified atom stereocenters. The fraction of sp³-hybridized carbons (Fsp3) is 0.231. The lowest BCUT2D eigenvalue weighted by Crippen LogP contribution is -2.24. The van der Waals surface area contributed by atoms with Crippen molar-refractivity contribution in [2.75, 3.05) is 19.6 Å². The predicted octanol–water partition coefficient (Wildman–Crippen LogP) is 5.25. The van der Waals surface area contributed by atoms with Gasteiger partial charge in [-0.3, -0.25) is 4.68 Å². The predicted molar refractivity (Wildman–Crippen MR) is 126 cm³/mol. The van der Waals surface area contributed by atoms with Crippen LogP contribution in [0.3, 0.4) is 0 Å². The van der Waals surface area contributed by atoms with Gasteiger partial charge in [0.2, 0.25) is 0 Å². The molecule has 0 radical (unpaired) electrons. The zero-order valence-electron chi connectivity index (χ0n) is 17.3. The average Bonchev–Trinajstić information content (AvgIpc) is 3.46. The zero-order chi connectivity index (χ0) is 21.0. The van der Waals surface area contributed by atoms with Crippen molar-refractivity contribution in [1.82, 2.24) is 19.7 Å². The molecule has 0 amide bonds. The van der Waals surface area contributed by atoms with Gasteiger partial charge in [0, 0.05) is 40.5 Å². The highest BCUT2D eigenvalue weighted by Gasteiger charge is 2.11. The highest BCUT2D eigenvalue weighted by Crippen LogP contribution is 2.21. The lowest BCUT2D eigenvalue weighted by molar-refractivity contribution is 0.316. The van der Waals surface area contributed by atoms with E-state index in [0.717, 1.165) is 51.4 Å². The van der Waals surface area contributed by atoms with Crippen molar-refractivity contribution in [2.24, 2.45) is 0 Å². The van der Waals surface area contributed by atoms with Gasteiger partial charge >= 0.3 is 0 Å². The maximum absolute atomic E-state index is 5.96. The standard InChI is InChI=1S/C26H23ClN4/c27-24-8-5-21(6-9-24)22-7-11-25(28-18-22)10-3-20-4-12-26-23(17-20)19-31(29-26)16-15-30-13-1-2-14-30/h4-9,11-12,17-19H,1-2,13-16H2. The number of halogens is 1. The number of fused-ring (bicyclic) bond motifs is 1. The van der Waals surface area contributed by atoms with Crippen LogP contribution in [-0.4, -0.2) is 39.3 Å². The van der Waals surface area contributed by atoms with Crippen molar-refractivity contribution < 1.29 is 0 Å². The van der Waals surface area contributed by atoms with Crippen molar-refractivity contribution in [3.05, 3.63) is 83.3 Å². The maximum atomic E-state index is 5.96. The molecule has 0 atom stereocenters. The third-order valence-corrected chi connectivity index (χ3v) is 5.92. The molecule has 31 heavy (non-hydrogen) atoms. The summed E-state index contributed by atoms with van der Waals surface area (Å²) in [6, 6.07) is 17.9. The quantitative estimate of drug-likeness (QED) is 0.418. The molecule has 0 spiro atoms. The number of aromatic nitrogens is 3. The van der Waals surface area contributed by atoms with Crippen molar-refractivity contribution in [3.8, 4) is 23.0 Å². The molecule has 1 aliphatic heterocycles. The summed E-state index contributed by atoms with van der Waals surface area (Å²) in [5, 5.41) is 6.55. The van der Waals surface area contributed by atoms with Crippen LogP contribution >= 0.6 is 11.6 Å². The minimum atomic E-state index is 0.730. The van der Waals surface area contributed by atoms with E-state index in [1.165, 1.54) is 25.9 Å². The lowest BCUT2D eigenvalue weighted by Gasteiger charge is -2.13. The van der Waals surface area contributed by atoms with Crippen LogP contribution in [0.25, 0.3) is 22.0 Å². The molecule has 0 bridgehead atoms. The normalized spacial score (nSPS) is 14.0. The van der Waals surface area contributed by atoms with Gasteiger partial charge in [-0.05, 0) is 73.8 Å². The summed E-state index contributed by atoms with van der Waals surface area (Å²) in [7, 11) is 0. The van der Waals surface area contributed by atoms with E-state index in [1.807, 2.05) is 54.7 Å². The van der Waals surface area contributed by atoms with Gasteiger partial charge in [0.1, 0.15) is 5.69 Å². The summed E-state index contributed by atoms with van der Waals surface area (Å²) in [5.41, 5.74) is 4.86. The van der Waals surface area contributed by atoms with Gasteiger partial charge in [-0.2, -0.15) is 5.10 Å². The number of pyridine rings is 1. The van der Waals surface area contributed by atoms with Crippen molar-refractivity contribution in [1.29, 1.82) is 0 Å². The summed E-state index contributed by atoms with van der Waals surface area (Å²) in [6.45, 7) is 4.43. The monoisotopic (exact) mass is 426 g/mol. The molecular weight excluding hydrogens is 404 g/mol. The van der Waals surface area contributed by atoms with E-state index in [0.29, 0.717) is 0 Å². The van der Waals surface area contributed by atoms with E-state index in [1.54, 1.807) is 0 Å². The van der Waals surface area contributed by atoms with E-state index in [4.69, 9.17) is 16.7 Å². The molecule has 154 valence electrons. The Morgan fingerprint density at radius 3 is 2.45 bits per heavy atom. The molecule has 0 N–H and O–H groups in total. The lowest BCUT2D eigenvalue weighted by atomic mass is 10.1. The van der Waals surface area contributed by atoms with Gasteiger partial charge in [0.25, 0.3) is 0 Å². The molecule has 5 heteroatoms. The molecule has 1 fully saturated rings. The van der Waals surface area contributed by atoms with E-state index >= 15 is 0 Å². The van der Waals surface area contributed by atoms with E-state index < -0.39 is 0 Å². The van der Waals surface area contributed by atoms with Crippen LogP contribution in [0.5, 0.6) is 0 Å². The van der Waals surface area contributed by atoms with Crippen LogP contribution < -0.4 is 0 Å². The summed E-state index contributed by atoms with van der Waals surface area (Å²) >= 11 is 5.96. The van der Waals surface area contributed by atoms with Crippen LogP contribution in [0.2, 0.25) is 5.02 Å². The molecule has 1 saturated heterocycles. The third-order valence-electron chi connectivity index (χ3n) is 5.67. The molecule has 4 nitrogen and oxygen atoms in total. The smallest absolute Gasteiger partial charge is 0.113 e. The first-order valence-corrected chi connectivity index (χ1v) is 11.0. The first kappa shape index (κ1) is 19.8. The maximum Gasteiger partial charge on any atom is 0.113 e. The largest absolute Gasteiger partial charge is 0.301 e. The van der Waals surface area contributed by atoms with Crippen molar-refractivity contribution in [3.63, 3.8) is 0 Å². The minimum absolute atomic E-state index is 0.730. The van der Waals surface area contributed by atoms with Crippen LogP contribution in [-0.2, 0) is 6.54 Å². The fourth-order valence-electron chi connectivity index (χ4n) is 3.94. The topological polar surface area (TPSA) is 34.0 Å². The van der Waals surface area contributed by atoms with Crippen LogP contribution in [0.1, 0.15) is 24.1 Å². The Labute approximate surface area is 187 Å². The van der Waals surface area contributed by atoms with Gasteiger partial charge in [-0.1, -0.05) is 35.7 Å². The van der Waals surface area contributed by atoms with Gasteiger partial charge in [-0.25, -0.2) is 4.98 Å². The van der Waals surface area contributed by atoms with E-state index in [-0.39, 0.29) is 0 Å². The molecule has 2 aromatic carbocycles. The highest BCUT2D eigenvalue weighted by atomic mass is 35.5. The second-order valence-corrected chi connectivity index (χ2v) is 8.34. The summed E-state index contributed by atoms with van der Waals surface area (Å²) in [5.74, 6) is 6.40. The minimum Gasteiger partial charge on any atom is -0.301 e. The summed E-state index contributed by atoms with van der Waals surface area (Å²) in [4.78, 5) is 7.00. The Morgan fingerprint density at radius 2 is 1.68 bits per heavy atom. The Bertz CT molecular complexity index is 1240. The number of nitrogens with zero attached hydrogens (tertiary/aromatic N) is 4. The van der Waals surface area contributed by atoms with Crippen molar-refractivity contribution >= 4 is 22.5 Å². The first-order chi connectivity index (χ1) is 15.2. The van der Waals surface area contributed by atoms with Crippen LogP contribution in [0, 0.1) is 11.8 Å². The van der Waals surface area contributed by atoms with Crippen LogP contribution in [0.4, 0.5) is 0 Å². The fourth-order valence-corrected chi connectivity index (χ4v) is 4.06. The Kier molecular flexibility index (Phi) is 5.71. The molecule has 3 heterocycles. The SMILES string of the molecule is Clc1ccc(-c2ccc(C#Cc3ccc4nn(CCN5CCCC5)cc4c3)nc2)cc1. The molecule has 4 aromatic rings. The number of rotatable bonds is 4. The molecule has 1 aliphatic rings.